The second-order valence-electron chi connectivity index (χ2n) is 7.04. The van der Waals surface area contributed by atoms with Crippen LogP contribution in [0.25, 0.3) is 0 Å². The molecule has 2 N–H and O–H groups in total. The molecule has 0 saturated carbocycles. The number of benzene rings is 1. The average Bonchev–Trinajstić information content (AvgIpc) is 3.25. The molecule has 0 radical (unpaired) electrons. The summed E-state index contributed by atoms with van der Waals surface area (Å²) in [6.45, 7) is 2.59. The molecular formula is C19H23ClN3O9P. The van der Waals surface area contributed by atoms with Crippen LogP contribution < -0.4 is 20.9 Å². The van der Waals surface area contributed by atoms with Gasteiger partial charge >= 0.3 is 19.4 Å². The van der Waals surface area contributed by atoms with Crippen LogP contribution in [-0.4, -0.2) is 48.2 Å². The smallest absolute Gasteiger partial charge is 0.459 e. The van der Waals surface area contributed by atoms with Crippen molar-refractivity contribution in [3.63, 3.8) is 0 Å². The number of aryl methyl sites for hydroxylation is 1. The Morgan fingerprint density at radius 1 is 1.36 bits per heavy atom. The molecule has 1 aliphatic rings. The van der Waals surface area contributed by atoms with Crippen molar-refractivity contribution in [2.75, 3.05) is 20.3 Å². The van der Waals surface area contributed by atoms with Gasteiger partial charge in [-0.05, 0) is 38.1 Å². The molecule has 1 fully saturated rings. The van der Waals surface area contributed by atoms with Crippen molar-refractivity contribution in [2.45, 2.75) is 32.4 Å². The fraction of sp³-hybridized carbons (Fsp3) is 0.421. The van der Waals surface area contributed by atoms with Gasteiger partial charge in [0.2, 0.25) is 0 Å². The first-order chi connectivity index (χ1) is 15.6. The molecule has 4 atom stereocenters. The van der Waals surface area contributed by atoms with E-state index in [1.807, 2.05) is 0 Å². The highest BCUT2D eigenvalue weighted by Crippen LogP contribution is 2.45. The number of ether oxygens (including phenoxy) is 3. The van der Waals surface area contributed by atoms with Crippen LogP contribution in [0.5, 0.6) is 5.75 Å². The zero-order valence-corrected chi connectivity index (χ0v) is 19.6. The number of hydrogen-bond acceptors (Lipinski definition) is 9. The van der Waals surface area contributed by atoms with Crippen molar-refractivity contribution in [1.82, 2.24) is 14.6 Å². The van der Waals surface area contributed by atoms with E-state index in [1.54, 1.807) is 6.92 Å². The van der Waals surface area contributed by atoms with Gasteiger partial charge in [0.1, 0.15) is 18.4 Å². The summed E-state index contributed by atoms with van der Waals surface area (Å²) in [5.41, 5.74) is -0.841. The van der Waals surface area contributed by atoms with E-state index in [9.17, 15) is 18.9 Å². The van der Waals surface area contributed by atoms with Gasteiger partial charge in [-0.3, -0.25) is 23.7 Å². The Morgan fingerprint density at radius 3 is 2.73 bits per heavy atom. The molecular weight excluding hydrogens is 481 g/mol. The Labute approximate surface area is 193 Å². The zero-order valence-electron chi connectivity index (χ0n) is 18.0. The molecule has 180 valence electrons. The molecule has 0 bridgehead atoms. The number of methoxy groups -OCH3 is 1. The molecule has 1 aromatic carbocycles. The second kappa shape index (κ2) is 10.6. The van der Waals surface area contributed by atoms with Gasteiger partial charge < -0.3 is 18.7 Å². The molecule has 0 aliphatic carbocycles. The topological polar surface area (TPSA) is 147 Å². The van der Waals surface area contributed by atoms with Crippen LogP contribution in [0.3, 0.4) is 0 Å². The minimum atomic E-state index is -4.12. The summed E-state index contributed by atoms with van der Waals surface area (Å²) in [5, 5.41) is 2.94. The van der Waals surface area contributed by atoms with Crippen LogP contribution in [0.4, 0.5) is 0 Å². The van der Waals surface area contributed by atoms with Crippen molar-refractivity contribution in [3.05, 3.63) is 61.9 Å². The summed E-state index contributed by atoms with van der Waals surface area (Å²) in [6, 6.07) is 5.00. The first-order valence-corrected chi connectivity index (χ1v) is 11.7. The van der Waals surface area contributed by atoms with Crippen molar-refractivity contribution < 1.29 is 32.6 Å². The molecule has 0 amide bonds. The highest BCUT2D eigenvalue weighted by atomic mass is 35.5. The third-order valence-corrected chi connectivity index (χ3v) is 6.41. The fourth-order valence-electron chi connectivity index (χ4n) is 2.83. The molecule has 1 aliphatic heterocycles. The van der Waals surface area contributed by atoms with Gasteiger partial charge in [0.15, 0.2) is 12.5 Å². The number of nitrogens with zero attached hydrogens (tertiary/aromatic N) is 1. The Morgan fingerprint density at radius 2 is 2.06 bits per heavy atom. The number of rotatable bonds is 9. The van der Waals surface area contributed by atoms with Crippen molar-refractivity contribution >= 4 is 25.3 Å². The molecule has 1 aromatic heterocycles. The lowest BCUT2D eigenvalue weighted by molar-refractivity contribution is -0.142. The van der Waals surface area contributed by atoms with E-state index >= 15 is 0 Å². The quantitative estimate of drug-likeness (QED) is 0.383. The van der Waals surface area contributed by atoms with E-state index in [0.29, 0.717) is 10.6 Å². The standard InChI is InChI=1S/C19H23ClN3O9P/c1-11-8-23(19(26)21-17(11)24)15-9-29-16(31-15)10-30-33(27,22-12(2)18(25)28-3)32-14-6-4-13(20)5-7-14/h4-8,12,15-16H,9-10H2,1-3H3,(H,22,27)(H,21,24,26)/t12?,15-,16-,33?/m1/s1. The number of carbonyl (C=O) groups excluding carboxylic acids is 1. The molecule has 2 aromatic rings. The summed E-state index contributed by atoms with van der Waals surface area (Å²) >= 11 is 5.86. The van der Waals surface area contributed by atoms with E-state index in [1.165, 1.54) is 49.1 Å². The maximum Gasteiger partial charge on any atom is 0.459 e. The van der Waals surface area contributed by atoms with E-state index in [0.717, 1.165) is 0 Å². The molecule has 0 spiro atoms. The molecule has 12 nitrogen and oxygen atoms in total. The van der Waals surface area contributed by atoms with Gasteiger partial charge in [0.05, 0.1) is 13.7 Å². The monoisotopic (exact) mass is 503 g/mol. The highest BCUT2D eigenvalue weighted by molar-refractivity contribution is 7.52. The van der Waals surface area contributed by atoms with E-state index in [-0.39, 0.29) is 19.0 Å². The summed E-state index contributed by atoms with van der Waals surface area (Å²) in [5.74, 6) is -0.506. The molecule has 33 heavy (non-hydrogen) atoms. The Kier molecular flexibility index (Phi) is 8.11. The van der Waals surface area contributed by atoms with Crippen molar-refractivity contribution in [3.8, 4) is 5.75 Å². The summed E-state index contributed by atoms with van der Waals surface area (Å²) in [7, 11) is -2.93. The zero-order chi connectivity index (χ0) is 24.2. The molecule has 2 unspecified atom stereocenters. The van der Waals surface area contributed by atoms with Gasteiger partial charge in [0.25, 0.3) is 5.56 Å². The predicted octanol–water partition coefficient (Wildman–Crippen LogP) is 1.72. The van der Waals surface area contributed by atoms with Crippen LogP contribution in [0.2, 0.25) is 5.02 Å². The lowest BCUT2D eigenvalue weighted by Gasteiger charge is -2.23. The molecule has 14 heteroatoms. The first-order valence-electron chi connectivity index (χ1n) is 9.74. The van der Waals surface area contributed by atoms with Gasteiger partial charge in [-0.15, -0.1) is 0 Å². The normalized spacial score (nSPS) is 20.7. The maximum absolute atomic E-state index is 13.3. The largest absolute Gasteiger partial charge is 0.468 e. The molecule has 2 heterocycles. The number of carbonyl (C=O) groups is 1. The second-order valence-corrected chi connectivity index (χ2v) is 9.18. The summed E-state index contributed by atoms with van der Waals surface area (Å²) in [6.07, 6.45) is -0.487. The number of halogens is 1. The SMILES string of the molecule is COC(=O)C(C)NP(=O)(OC[C@@H]1OC[C@H](n2cc(C)c(=O)[nH]c2=O)O1)Oc1ccc(Cl)cc1. The number of aromatic amines is 1. The number of aromatic nitrogens is 2. The van der Waals surface area contributed by atoms with Crippen LogP contribution in [-0.2, 0) is 28.1 Å². The number of hydrogen-bond donors (Lipinski definition) is 2. The fourth-order valence-corrected chi connectivity index (χ4v) is 4.43. The first kappa shape index (κ1) is 25.2. The number of H-pyrrole nitrogens is 1. The minimum Gasteiger partial charge on any atom is -0.468 e. The van der Waals surface area contributed by atoms with Crippen LogP contribution in [0.15, 0.2) is 40.1 Å². The van der Waals surface area contributed by atoms with Gasteiger partial charge in [-0.25, -0.2) is 9.36 Å². The van der Waals surface area contributed by atoms with Crippen LogP contribution in [0, 0.1) is 6.92 Å². The number of esters is 1. The van der Waals surface area contributed by atoms with Crippen LogP contribution >= 0.6 is 19.3 Å². The lowest BCUT2D eigenvalue weighted by Crippen LogP contribution is -2.35. The van der Waals surface area contributed by atoms with E-state index in [4.69, 9.17) is 30.1 Å². The molecule has 3 rings (SSSR count). The van der Waals surface area contributed by atoms with Crippen LogP contribution in [0.1, 0.15) is 18.7 Å². The summed E-state index contributed by atoms with van der Waals surface area (Å²) in [4.78, 5) is 37.6. The van der Waals surface area contributed by atoms with Crippen molar-refractivity contribution in [1.29, 1.82) is 0 Å². The molecule has 1 saturated heterocycles. The lowest BCUT2D eigenvalue weighted by atomic mass is 10.3. The van der Waals surface area contributed by atoms with Gasteiger partial charge in [-0.2, -0.15) is 5.09 Å². The maximum atomic E-state index is 13.3. The van der Waals surface area contributed by atoms with E-state index < -0.39 is 43.5 Å². The third-order valence-electron chi connectivity index (χ3n) is 4.52. The highest BCUT2D eigenvalue weighted by Gasteiger charge is 2.36. The number of nitrogens with one attached hydrogen (secondary N) is 2. The Bertz CT molecular complexity index is 1150. The minimum absolute atomic E-state index is 0.0201. The van der Waals surface area contributed by atoms with Crippen molar-refractivity contribution in [2.24, 2.45) is 0 Å². The average molecular weight is 504 g/mol. The Hall–Kier alpha value is -2.47. The van der Waals surface area contributed by atoms with Gasteiger partial charge in [0, 0.05) is 16.8 Å². The third kappa shape index (κ3) is 6.53. The Balaban J connectivity index is 1.70. The summed E-state index contributed by atoms with van der Waals surface area (Å²) < 4.78 is 41.2. The van der Waals surface area contributed by atoms with Gasteiger partial charge in [-0.1, -0.05) is 11.6 Å². The predicted molar refractivity (Wildman–Crippen MR) is 116 cm³/mol. The van der Waals surface area contributed by atoms with E-state index in [2.05, 4.69) is 14.8 Å².